The Morgan fingerprint density at radius 2 is 2.05 bits per heavy atom. The van der Waals surface area contributed by atoms with Crippen molar-refractivity contribution in [3.63, 3.8) is 0 Å². The Morgan fingerprint density at radius 3 is 2.68 bits per heavy atom. The summed E-state index contributed by atoms with van der Waals surface area (Å²) in [7, 11) is 0. The molecular formula is C13H15ClN2O3. The van der Waals surface area contributed by atoms with Crippen molar-refractivity contribution in [1.29, 1.82) is 0 Å². The summed E-state index contributed by atoms with van der Waals surface area (Å²) in [5.41, 5.74) is 4.68. The molecule has 1 aromatic rings. The molecule has 0 heterocycles. The Kier molecular flexibility index (Phi) is 4.27. The molecule has 2 rings (SSSR count). The van der Waals surface area contributed by atoms with Crippen molar-refractivity contribution < 1.29 is 14.3 Å². The van der Waals surface area contributed by atoms with Crippen LogP contribution in [0.3, 0.4) is 0 Å². The third-order valence-electron chi connectivity index (χ3n) is 2.97. The number of carbonyl (C=O) groups is 2. The lowest BCUT2D eigenvalue weighted by Crippen LogP contribution is -2.44. The summed E-state index contributed by atoms with van der Waals surface area (Å²) in [6.07, 6.45) is 0.873. The zero-order valence-electron chi connectivity index (χ0n) is 10.5. The third-order valence-corrected chi connectivity index (χ3v) is 3.28. The van der Waals surface area contributed by atoms with E-state index in [2.05, 4.69) is 10.9 Å². The van der Waals surface area contributed by atoms with Gasteiger partial charge in [-0.05, 0) is 24.5 Å². The summed E-state index contributed by atoms with van der Waals surface area (Å²) in [6, 6.07) is 6.87. The second-order valence-electron chi connectivity index (χ2n) is 4.58. The Balaban J connectivity index is 1.70. The predicted octanol–water partition coefficient (Wildman–Crippen LogP) is 1.52. The van der Waals surface area contributed by atoms with Crippen LogP contribution in [0.25, 0.3) is 0 Å². The molecule has 1 aliphatic rings. The van der Waals surface area contributed by atoms with Crippen LogP contribution in [0, 0.1) is 11.8 Å². The van der Waals surface area contributed by atoms with E-state index in [1.807, 2.05) is 6.92 Å². The average molecular weight is 283 g/mol. The van der Waals surface area contributed by atoms with Crippen LogP contribution >= 0.6 is 11.6 Å². The topological polar surface area (TPSA) is 67.4 Å². The second kappa shape index (κ2) is 5.93. The molecule has 0 bridgehead atoms. The predicted molar refractivity (Wildman–Crippen MR) is 70.5 cm³/mol. The second-order valence-corrected chi connectivity index (χ2v) is 4.98. The highest BCUT2D eigenvalue weighted by molar-refractivity contribution is 6.32. The Labute approximate surface area is 116 Å². The summed E-state index contributed by atoms with van der Waals surface area (Å²) in [5.74, 6) is 0.266. The molecular weight excluding hydrogens is 268 g/mol. The Bertz CT molecular complexity index is 493. The first kappa shape index (κ1) is 13.7. The largest absolute Gasteiger partial charge is 0.482 e. The molecule has 5 nitrogen and oxygen atoms in total. The minimum atomic E-state index is -0.429. The van der Waals surface area contributed by atoms with Gasteiger partial charge in [-0.1, -0.05) is 30.7 Å². The number of para-hydroxylation sites is 1. The maximum Gasteiger partial charge on any atom is 0.276 e. The van der Waals surface area contributed by atoms with Crippen molar-refractivity contribution in [3.8, 4) is 5.75 Å². The van der Waals surface area contributed by atoms with Crippen LogP contribution in [-0.4, -0.2) is 18.4 Å². The van der Waals surface area contributed by atoms with Gasteiger partial charge in [-0.3, -0.25) is 20.4 Å². The number of rotatable bonds is 4. The molecule has 2 N–H and O–H groups in total. The van der Waals surface area contributed by atoms with Gasteiger partial charge in [0.25, 0.3) is 5.91 Å². The number of benzene rings is 1. The van der Waals surface area contributed by atoms with Crippen molar-refractivity contribution in [1.82, 2.24) is 10.9 Å². The van der Waals surface area contributed by atoms with Gasteiger partial charge < -0.3 is 4.74 Å². The van der Waals surface area contributed by atoms with Gasteiger partial charge in [-0.25, -0.2) is 0 Å². The summed E-state index contributed by atoms with van der Waals surface area (Å²) in [4.78, 5) is 22.9. The molecule has 0 aromatic heterocycles. The quantitative estimate of drug-likeness (QED) is 0.823. The van der Waals surface area contributed by atoms with E-state index in [1.54, 1.807) is 24.3 Å². The standard InChI is InChI=1S/C13H15ClN2O3/c1-8-6-9(8)13(18)16-15-12(17)7-19-11-5-3-2-4-10(11)14/h2-5,8-9H,6-7H2,1H3,(H,15,17)(H,16,18)/t8-,9+/m0/s1. The lowest BCUT2D eigenvalue weighted by atomic mass is 10.3. The first-order chi connectivity index (χ1) is 9.08. The summed E-state index contributed by atoms with van der Waals surface area (Å²) >= 11 is 5.87. The number of amides is 2. The zero-order valence-corrected chi connectivity index (χ0v) is 11.2. The molecule has 1 aliphatic carbocycles. The first-order valence-electron chi connectivity index (χ1n) is 6.04. The van der Waals surface area contributed by atoms with Crippen molar-refractivity contribution in [2.75, 3.05) is 6.61 Å². The van der Waals surface area contributed by atoms with E-state index in [0.29, 0.717) is 16.7 Å². The van der Waals surface area contributed by atoms with E-state index in [0.717, 1.165) is 6.42 Å². The molecule has 102 valence electrons. The Hall–Kier alpha value is -1.75. The van der Waals surface area contributed by atoms with E-state index >= 15 is 0 Å². The molecule has 2 atom stereocenters. The van der Waals surface area contributed by atoms with Gasteiger partial charge in [0.05, 0.1) is 5.02 Å². The number of ether oxygens (including phenoxy) is 1. The number of nitrogens with one attached hydrogen (secondary N) is 2. The maximum absolute atomic E-state index is 11.5. The molecule has 0 unspecified atom stereocenters. The molecule has 0 saturated heterocycles. The van der Waals surface area contributed by atoms with Gasteiger partial charge >= 0.3 is 0 Å². The lowest BCUT2D eigenvalue weighted by molar-refractivity contribution is -0.130. The van der Waals surface area contributed by atoms with Gasteiger partial charge in [0.1, 0.15) is 5.75 Å². The van der Waals surface area contributed by atoms with Crippen molar-refractivity contribution in [3.05, 3.63) is 29.3 Å². The molecule has 6 heteroatoms. The van der Waals surface area contributed by atoms with E-state index in [4.69, 9.17) is 16.3 Å². The number of hydrazine groups is 1. The first-order valence-corrected chi connectivity index (χ1v) is 6.41. The summed E-state index contributed by atoms with van der Waals surface area (Å²) in [6.45, 7) is 1.79. The van der Waals surface area contributed by atoms with E-state index in [1.165, 1.54) is 0 Å². The molecule has 1 saturated carbocycles. The fourth-order valence-electron chi connectivity index (χ4n) is 1.65. The highest BCUT2D eigenvalue weighted by atomic mass is 35.5. The monoisotopic (exact) mass is 282 g/mol. The highest BCUT2D eigenvalue weighted by Gasteiger charge is 2.39. The molecule has 0 radical (unpaired) electrons. The molecule has 0 spiro atoms. The number of halogens is 1. The molecule has 1 aromatic carbocycles. The van der Waals surface area contributed by atoms with E-state index in [-0.39, 0.29) is 18.4 Å². The van der Waals surface area contributed by atoms with Crippen molar-refractivity contribution in [2.24, 2.45) is 11.8 Å². The highest BCUT2D eigenvalue weighted by Crippen LogP contribution is 2.37. The fourth-order valence-corrected chi connectivity index (χ4v) is 1.84. The minimum Gasteiger partial charge on any atom is -0.482 e. The number of carbonyl (C=O) groups excluding carboxylic acids is 2. The van der Waals surface area contributed by atoms with Gasteiger partial charge in [-0.15, -0.1) is 0 Å². The van der Waals surface area contributed by atoms with Crippen LogP contribution < -0.4 is 15.6 Å². The Morgan fingerprint density at radius 1 is 1.37 bits per heavy atom. The van der Waals surface area contributed by atoms with Crippen molar-refractivity contribution >= 4 is 23.4 Å². The lowest BCUT2D eigenvalue weighted by Gasteiger charge is -2.09. The van der Waals surface area contributed by atoms with Crippen LogP contribution in [0.1, 0.15) is 13.3 Å². The number of hydrogen-bond donors (Lipinski definition) is 2. The zero-order chi connectivity index (χ0) is 13.8. The van der Waals surface area contributed by atoms with Gasteiger partial charge in [0.2, 0.25) is 5.91 Å². The van der Waals surface area contributed by atoms with Gasteiger partial charge in [0, 0.05) is 5.92 Å². The molecule has 19 heavy (non-hydrogen) atoms. The SMILES string of the molecule is C[C@H]1C[C@H]1C(=O)NNC(=O)COc1ccccc1Cl. The van der Waals surface area contributed by atoms with Gasteiger partial charge in [-0.2, -0.15) is 0 Å². The average Bonchev–Trinajstić information content (AvgIpc) is 3.12. The molecule has 0 aliphatic heterocycles. The fraction of sp³-hybridized carbons (Fsp3) is 0.385. The molecule has 1 fully saturated rings. The smallest absolute Gasteiger partial charge is 0.276 e. The number of hydrogen-bond acceptors (Lipinski definition) is 3. The van der Waals surface area contributed by atoms with Crippen LogP contribution in [0.15, 0.2) is 24.3 Å². The van der Waals surface area contributed by atoms with Crippen LogP contribution in [-0.2, 0) is 9.59 Å². The van der Waals surface area contributed by atoms with Crippen LogP contribution in [0.2, 0.25) is 5.02 Å². The third kappa shape index (κ3) is 3.86. The summed E-state index contributed by atoms with van der Waals surface area (Å²) < 4.78 is 5.23. The summed E-state index contributed by atoms with van der Waals surface area (Å²) in [5, 5.41) is 0.436. The van der Waals surface area contributed by atoms with Crippen LogP contribution in [0.4, 0.5) is 0 Å². The van der Waals surface area contributed by atoms with Gasteiger partial charge in [0.15, 0.2) is 6.61 Å². The van der Waals surface area contributed by atoms with Crippen molar-refractivity contribution in [2.45, 2.75) is 13.3 Å². The normalized spacial score (nSPS) is 20.5. The van der Waals surface area contributed by atoms with E-state index < -0.39 is 5.91 Å². The molecule has 2 amide bonds. The van der Waals surface area contributed by atoms with Crippen LogP contribution in [0.5, 0.6) is 5.75 Å². The minimum absolute atomic E-state index is 0.0183. The maximum atomic E-state index is 11.5. The van der Waals surface area contributed by atoms with E-state index in [9.17, 15) is 9.59 Å².